The highest BCUT2D eigenvalue weighted by Crippen LogP contribution is 2.08. The molecule has 7 heteroatoms. The van der Waals surface area contributed by atoms with Crippen molar-refractivity contribution >= 4 is 22.0 Å². The van der Waals surface area contributed by atoms with Crippen LogP contribution in [0.3, 0.4) is 0 Å². The van der Waals surface area contributed by atoms with E-state index in [9.17, 15) is 17.6 Å². The van der Waals surface area contributed by atoms with E-state index < -0.39 is 10.0 Å². The number of amides is 1. The Morgan fingerprint density at radius 1 is 1.24 bits per heavy atom. The van der Waals surface area contributed by atoms with Crippen LogP contribution in [-0.4, -0.2) is 33.7 Å². The fraction of sp³-hybridized carbons (Fsp3) is 0.357. The van der Waals surface area contributed by atoms with Crippen molar-refractivity contribution in [2.75, 3.05) is 19.3 Å². The number of hydrogen-bond acceptors (Lipinski definition) is 3. The maximum absolute atomic E-state index is 12.8. The predicted octanol–water partition coefficient (Wildman–Crippen LogP) is 1.28. The average Bonchev–Trinajstić information content (AvgIpc) is 2.39. The Morgan fingerprint density at radius 2 is 1.86 bits per heavy atom. The van der Waals surface area contributed by atoms with Crippen molar-refractivity contribution in [2.45, 2.75) is 13.3 Å². The molecular formula is C14H19FN2O3S. The molecule has 0 radical (unpaired) electrons. The first-order valence-electron chi connectivity index (χ1n) is 6.44. The highest BCUT2D eigenvalue weighted by atomic mass is 32.2. The minimum Gasteiger partial charge on any atom is -0.352 e. The summed E-state index contributed by atoms with van der Waals surface area (Å²) in [6, 6.07) is 5.83. The topological polar surface area (TPSA) is 75.3 Å². The molecule has 0 fully saturated rings. The molecule has 2 N–H and O–H groups in total. The van der Waals surface area contributed by atoms with Gasteiger partial charge in [0.05, 0.1) is 6.26 Å². The second-order valence-electron chi connectivity index (χ2n) is 4.65. The summed E-state index contributed by atoms with van der Waals surface area (Å²) in [5, 5.41) is 2.68. The van der Waals surface area contributed by atoms with Gasteiger partial charge in [0.25, 0.3) is 0 Å². The van der Waals surface area contributed by atoms with Crippen LogP contribution in [0.5, 0.6) is 0 Å². The fourth-order valence-electron chi connectivity index (χ4n) is 1.56. The average molecular weight is 314 g/mol. The van der Waals surface area contributed by atoms with E-state index >= 15 is 0 Å². The Morgan fingerprint density at radius 3 is 2.43 bits per heavy atom. The van der Waals surface area contributed by atoms with Crippen LogP contribution in [0.2, 0.25) is 0 Å². The Bertz CT molecular complexity index is 610. The van der Waals surface area contributed by atoms with Gasteiger partial charge in [-0.15, -0.1) is 0 Å². The van der Waals surface area contributed by atoms with Crippen molar-refractivity contribution in [2.24, 2.45) is 0 Å². The summed E-state index contributed by atoms with van der Waals surface area (Å²) in [6.45, 7) is 2.31. The van der Waals surface area contributed by atoms with E-state index in [4.69, 9.17) is 0 Å². The number of carbonyl (C=O) groups is 1. The van der Waals surface area contributed by atoms with Crippen LogP contribution in [-0.2, 0) is 14.8 Å². The molecule has 0 saturated carbocycles. The van der Waals surface area contributed by atoms with E-state index in [0.717, 1.165) is 11.8 Å². The largest absolute Gasteiger partial charge is 0.352 e. The van der Waals surface area contributed by atoms with Gasteiger partial charge in [0.2, 0.25) is 15.9 Å². The van der Waals surface area contributed by atoms with Gasteiger partial charge in [-0.3, -0.25) is 4.79 Å². The number of benzene rings is 1. The van der Waals surface area contributed by atoms with Crippen LogP contribution in [0.1, 0.15) is 18.9 Å². The molecule has 1 rings (SSSR count). The Labute approximate surface area is 124 Å². The fourth-order valence-corrected chi connectivity index (χ4v) is 2.08. The van der Waals surface area contributed by atoms with Gasteiger partial charge in [0, 0.05) is 18.7 Å². The third-order valence-electron chi connectivity index (χ3n) is 2.61. The number of carbonyl (C=O) groups excluding carboxylic acids is 1. The van der Waals surface area contributed by atoms with Crippen LogP contribution in [0.4, 0.5) is 4.39 Å². The van der Waals surface area contributed by atoms with Crippen molar-refractivity contribution < 1.29 is 17.6 Å². The van der Waals surface area contributed by atoms with Gasteiger partial charge in [0.15, 0.2) is 0 Å². The molecule has 21 heavy (non-hydrogen) atoms. The van der Waals surface area contributed by atoms with Gasteiger partial charge in [0.1, 0.15) is 5.82 Å². The SMILES string of the molecule is C/C(=C/c1ccc(F)cc1)C(=O)NCCCNS(C)(=O)=O. The highest BCUT2D eigenvalue weighted by molar-refractivity contribution is 7.88. The molecule has 0 aliphatic heterocycles. The molecule has 0 bridgehead atoms. The molecule has 0 saturated heterocycles. The molecule has 0 aliphatic rings. The monoisotopic (exact) mass is 314 g/mol. The summed E-state index contributed by atoms with van der Waals surface area (Å²) in [6.07, 6.45) is 3.24. The minimum absolute atomic E-state index is 0.237. The summed E-state index contributed by atoms with van der Waals surface area (Å²) >= 11 is 0. The lowest BCUT2D eigenvalue weighted by atomic mass is 10.1. The van der Waals surface area contributed by atoms with Crippen LogP contribution in [0.15, 0.2) is 29.8 Å². The van der Waals surface area contributed by atoms with Gasteiger partial charge in [-0.1, -0.05) is 12.1 Å². The number of nitrogens with one attached hydrogen (secondary N) is 2. The lowest BCUT2D eigenvalue weighted by Gasteiger charge is -2.06. The van der Waals surface area contributed by atoms with E-state index in [1.165, 1.54) is 12.1 Å². The molecule has 0 atom stereocenters. The first-order valence-corrected chi connectivity index (χ1v) is 8.34. The van der Waals surface area contributed by atoms with Gasteiger partial charge in [-0.2, -0.15) is 0 Å². The lowest BCUT2D eigenvalue weighted by molar-refractivity contribution is -0.117. The Hall–Kier alpha value is -1.73. The van der Waals surface area contributed by atoms with Crippen molar-refractivity contribution in [3.8, 4) is 0 Å². The Balaban J connectivity index is 2.39. The van der Waals surface area contributed by atoms with Crippen molar-refractivity contribution in [1.82, 2.24) is 10.0 Å². The van der Waals surface area contributed by atoms with E-state index in [1.807, 2.05) is 0 Å². The standard InChI is InChI=1S/C14H19FN2O3S/c1-11(10-12-4-6-13(15)7-5-12)14(18)16-8-3-9-17-21(2,19)20/h4-7,10,17H,3,8-9H2,1-2H3,(H,16,18)/b11-10-. The molecule has 1 aromatic carbocycles. The Kier molecular flexibility index (Phi) is 6.51. The maximum atomic E-state index is 12.8. The molecular weight excluding hydrogens is 295 g/mol. The zero-order valence-corrected chi connectivity index (χ0v) is 12.8. The van der Waals surface area contributed by atoms with Crippen molar-refractivity contribution in [3.63, 3.8) is 0 Å². The van der Waals surface area contributed by atoms with E-state index in [0.29, 0.717) is 18.5 Å². The molecule has 0 unspecified atom stereocenters. The summed E-state index contributed by atoms with van der Waals surface area (Å²) in [5.41, 5.74) is 1.24. The zero-order chi connectivity index (χ0) is 15.9. The van der Waals surface area contributed by atoms with Crippen LogP contribution in [0.25, 0.3) is 6.08 Å². The first-order chi connectivity index (χ1) is 9.78. The van der Waals surface area contributed by atoms with Gasteiger partial charge in [-0.05, 0) is 37.1 Å². The first kappa shape index (κ1) is 17.3. The third kappa shape index (κ3) is 7.57. The number of rotatable bonds is 7. The maximum Gasteiger partial charge on any atom is 0.246 e. The van der Waals surface area contributed by atoms with E-state index in [-0.39, 0.29) is 18.3 Å². The van der Waals surface area contributed by atoms with E-state index in [2.05, 4.69) is 10.0 Å². The van der Waals surface area contributed by atoms with Crippen LogP contribution < -0.4 is 10.0 Å². The van der Waals surface area contributed by atoms with Crippen LogP contribution >= 0.6 is 0 Å². The number of hydrogen-bond donors (Lipinski definition) is 2. The molecule has 0 heterocycles. The van der Waals surface area contributed by atoms with Gasteiger partial charge >= 0.3 is 0 Å². The molecule has 1 aromatic rings. The van der Waals surface area contributed by atoms with Gasteiger partial charge in [-0.25, -0.2) is 17.5 Å². The predicted molar refractivity (Wildman–Crippen MR) is 80.5 cm³/mol. The minimum atomic E-state index is -3.19. The summed E-state index contributed by atoms with van der Waals surface area (Å²) in [5.74, 6) is -0.564. The van der Waals surface area contributed by atoms with Crippen LogP contribution in [0, 0.1) is 5.82 Å². The molecule has 5 nitrogen and oxygen atoms in total. The smallest absolute Gasteiger partial charge is 0.246 e. The van der Waals surface area contributed by atoms with Gasteiger partial charge < -0.3 is 5.32 Å². The normalized spacial score (nSPS) is 12.2. The molecule has 0 aromatic heterocycles. The summed E-state index contributed by atoms with van der Waals surface area (Å²) < 4.78 is 36.8. The summed E-state index contributed by atoms with van der Waals surface area (Å²) in [4.78, 5) is 11.8. The van der Waals surface area contributed by atoms with Crippen molar-refractivity contribution in [1.29, 1.82) is 0 Å². The molecule has 116 valence electrons. The number of sulfonamides is 1. The zero-order valence-electron chi connectivity index (χ0n) is 12.0. The second-order valence-corrected chi connectivity index (χ2v) is 6.49. The third-order valence-corrected chi connectivity index (χ3v) is 3.34. The molecule has 0 aliphatic carbocycles. The highest BCUT2D eigenvalue weighted by Gasteiger charge is 2.04. The second kappa shape index (κ2) is 7.90. The number of halogens is 1. The van der Waals surface area contributed by atoms with Crippen molar-refractivity contribution in [3.05, 3.63) is 41.2 Å². The van der Waals surface area contributed by atoms with E-state index in [1.54, 1.807) is 25.1 Å². The lowest BCUT2D eigenvalue weighted by Crippen LogP contribution is -2.29. The quantitative estimate of drug-likeness (QED) is 0.588. The molecule has 1 amide bonds. The molecule has 0 spiro atoms. The summed E-state index contributed by atoms with van der Waals surface area (Å²) in [7, 11) is -3.19.